The van der Waals surface area contributed by atoms with Gasteiger partial charge in [0.2, 0.25) is 0 Å². The summed E-state index contributed by atoms with van der Waals surface area (Å²) in [5, 5.41) is 3.74. The van der Waals surface area contributed by atoms with Gasteiger partial charge in [0.25, 0.3) is 0 Å². The molecule has 136 valence electrons. The van der Waals surface area contributed by atoms with Crippen LogP contribution in [0.5, 0.6) is 0 Å². The van der Waals surface area contributed by atoms with Crippen LogP contribution in [0.15, 0.2) is 48.5 Å². The van der Waals surface area contributed by atoms with Gasteiger partial charge in [-0.15, -0.1) is 0 Å². The Bertz CT molecular complexity index is 799. The molecule has 0 bridgehead atoms. The van der Waals surface area contributed by atoms with Crippen LogP contribution < -0.4 is 5.32 Å². The van der Waals surface area contributed by atoms with Crippen LogP contribution in [0.1, 0.15) is 29.6 Å². The Morgan fingerprint density at radius 2 is 2.00 bits per heavy atom. The minimum Gasteiger partial charge on any atom is -0.370 e. The quantitative estimate of drug-likeness (QED) is 0.878. The van der Waals surface area contributed by atoms with Gasteiger partial charge in [0.1, 0.15) is 11.9 Å². The van der Waals surface area contributed by atoms with Crippen LogP contribution in [0.3, 0.4) is 0 Å². The number of carbonyl (C=O) groups excluding carboxylic acids is 1. The number of carbonyl (C=O) groups is 1. The van der Waals surface area contributed by atoms with E-state index in [0.29, 0.717) is 24.7 Å². The Morgan fingerprint density at radius 3 is 2.77 bits per heavy atom. The summed E-state index contributed by atoms with van der Waals surface area (Å²) < 4.78 is 19.1. The van der Waals surface area contributed by atoms with Gasteiger partial charge in [0.05, 0.1) is 13.2 Å². The van der Waals surface area contributed by atoms with Crippen molar-refractivity contribution in [3.63, 3.8) is 0 Å². The van der Waals surface area contributed by atoms with Crippen molar-refractivity contribution in [3.05, 3.63) is 70.5 Å². The zero-order valence-electron chi connectivity index (χ0n) is 14.2. The van der Waals surface area contributed by atoms with Crippen molar-refractivity contribution in [1.29, 1.82) is 0 Å². The van der Waals surface area contributed by atoms with Crippen molar-refractivity contribution < 1.29 is 13.9 Å². The van der Waals surface area contributed by atoms with Gasteiger partial charge in [-0.05, 0) is 41.8 Å². The number of ether oxygens (including phenoxy) is 1. The molecule has 0 aromatic heterocycles. The van der Waals surface area contributed by atoms with Gasteiger partial charge >= 0.3 is 6.03 Å². The number of urea groups is 1. The summed E-state index contributed by atoms with van der Waals surface area (Å²) in [6, 6.07) is 14.1. The van der Waals surface area contributed by atoms with E-state index in [-0.39, 0.29) is 29.9 Å². The average molecular weight is 375 g/mol. The number of halogens is 2. The van der Waals surface area contributed by atoms with Crippen molar-refractivity contribution in [2.24, 2.45) is 0 Å². The van der Waals surface area contributed by atoms with E-state index in [1.54, 1.807) is 17.0 Å². The minimum absolute atomic E-state index is 0.0705. The minimum atomic E-state index is -0.238. The monoisotopic (exact) mass is 374 g/mol. The second-order valence-electron chi connectivity index (χ2n) is 6.81. The predicted molar refractivity (Wildman–Crippen MR) is 97.8 cm³/mol. The number of benzene rings is 2. The molecule has 0 spiro atoms. The molecule has 1 aliphatic heterocycles. The molecule has 26 heavy (non-hydrogen) atoms. The highest BCUT2D eigenvalue weighted by molar-refractivity contribution is 6.30. The van der Waals surface area contributed by atoms with Crippen LogP contribution in [-0.4, -0.2) is 36.7 Å². The van der Waals surface area contributed by atoms with Crippen molar-refractivity contribution in [3.8, 4) is 0 Å². The van der Waals surface area contributed by atoms with E-state index in [4.69, 9.17) is 16.3 Å². The van der Waals surface area contributed by atoms with Gasteiger partial charge in [-0.3, -0.25) is 0 Å². The predicted octanol–water partition coefficient (Wildman–Crippen LogP) is 4.12. The van der Waals surface area contributed by atoms with E-state index < -0.39 is 0 Å². The van der Waals surface area contributed by atoms with Crippen LogP contribution >= 0.6 is 11.6 Å². The Labute approximate surface area is 156 Å². The number of nitrogens with one attached hydrogen (secondary N) is 1. The first-order valence-corrected chi connectivity index (χ1v) is 9.16. The Morgan fingerprint density at radius 1 is 1.19 bits per heavy atom. The smallest absolute Gasteiger partial charge is 0.317 e. The van der Waals surface area contributed by atoms with Crippen molar-refractivity contribution in [2.75, 3.05) is 19.7 Å². The first kappa shape index (κ1) is 17.3. The fourth-order valence-electron chi connectivity index (χ4n) is 3.42. The van der Waals surface area contributed by atoms with E-state index in [1.165, 1.54) is 6.07 Å². The number of morpholine rings is 1. The van der Waals surface area contributed by atoms with E-state index in [9.17, 15) is 9.18 Å². The lowest BCUT2D eigenvalue weighted by molar-refractivity contribution is -0.0154. The molecule has 2 fully saturated rings. The normalized spacial score (nSPS) is 25.0. The van der Waals surface area contributed by atoms with Crippen LogP contribution in [0.25, 0.3) is 0 Å². The fourth-order valence-corrected chi connectivity index (χ4v) is 3.55. The van der Waals surface area contributed by atoms with Crippen LogP contribution in [0, 0.1) is 5.82 Å². The maximum absolute atomic E-state index is 13.3. The van der Waals surface area contributed by atoms with Gasteiger partial charge in [0.15, 0.2) is 0 Å². The summed E-state index contributed by atoms with van der Waals surface area (Å²) in [5.41, 5.74) is 1.95. The maximum atomic E-state index is 13.3. The molecule has 2 aromatic carbocycles. The fraction of sp³-hybridized carbons (Fsp3) is 0.350. The molecule has 1 aliphatic carbocycles. The summed E-state index contributed by atoms with van der Waals surface area (Å²) in [4.78, 5) is 14.4. The van der Waals surface area contributed by atoms with E-state index in [1.807, 2.05) is 30.3 Å². The molecule has 2 amide bonds. The van der Waals surface area contributed by atoms with Gasteiger partial charge in [0, 0.05) is 23.5 Å². The molecule has 1 saturated carbocycles. The number of amides is 2. The summed E-state index contributed by atoms with van der Waals surface area (Å²) in [7, 11) is 0. The first-order chi connectivity index (χ1) is 12.6. The molecule has 2 aliphatic rings. The Kier molecular flexibility index (Phi) is 4.83. The molecule has 3 atom stereocenters. The van der Waals surface area contributed by atoms with E-state index in [2.05, 4.69) is 5.32 Å². The number of rotatable bonds is 3. The number of hydrogen-bond acceptors (Lipinski definition) is 2. The Balaban J connectivity index is 1.34. The summed E-state index contributed by atoms with van der Waals surface area (Å²) in [6.45, 7) is 1.57. The lowest BCUT2D eigenvalue weighted by Crippen LogP contribution is -2.47. The third kappa shape index (κ3) is 3.84. The number of hydrogen-bond donors (Lipinski definition) is 1. The lowest BCUT2D eigenvalue weighted by atomic mass is 10.1. The molecule has 6 heteroatoms. The highest BCUT2D eigenvalue weighted by Crippen LogP contribution is 2.41. The summed E-state index contributed by atoms with van der Waals surface area (Å²) >= 11 is 5.93. The second-order valence-corrected chi connectivity index (χ2v) is 7.25. The third-order valence-corrected chi connectivity index (χ3v) is 5.22. The van der Waals surface area contributed by atoms with Crippen molar-refractivity contribution in [2.45, 2.75) is 24.5 Å². The second kappa shape index (κ2) is 7.25. The van der Waals surface area contributed by atoms with Crippen molar-refractivity contribution in [1.82, 2.24) is 10.2 Å². The summed E-state index contributed by atoms with van der Waals surface area (Å²) in [6.07, 6.45) is 0.699. The maximum Gasteiger partial charge on any atom is 0.317 e. The van der Waals surface area contributed by atoms with Gasteiger partial charge in [-0.1, -0.05) is 35.9 Å². The third-order valence-electron chi connectivity index (χ3n) is 4.97. The summed E-state index contributed by atoms with van der Waals surface area (Å²) in [5.74, 6) is -0.0405. The lowest BCUT2D eigenvalue weighted by Gasteiger charge is -2.33. The molecule has 4 rings (SSSR count). The van der Waals surface area contributed by atoms with Gasteiger partial charge in [-0.25, -0.2) is 9.18 Å². The van der Waals surface area contributed by atoms with E-state index in [0.717, 1.165) is 17.5 Å². The number of nitrogens with zero attached hydrogens (tertiary/aromatic N) is 1. The largest absolute Gasteiger partial charge is 0.370 e. The zero-order chi connectivity index (χ0) is 18.1. The molecule has 0 radical (unpaired) electrons. The van der Waals surface area contributed by atoms with Crippen LogP contribution in [0.4, 0.5) is 9.18 Å². The highest BCUT2D eigenvalue weighted by atomic mass is 35.5. The molecule has 1 saturated heterocycles. The first-order valence-electron chi connectivity index (χ1n) is 8.78. The average Bonchev–Trinajstić information content (AvgIpc) is 3.41. The molecule has 1 N–H and O–H groups in total. The van der Waals surface area contributed by atoms with Crippen LogP contribution in [-0.2, 0) is 4.74 Å². The molecular weight excluding hydrogens is 355 g/mol. The molecule has 0 unspecified atom stereocenters. The topological polar surface area (TPSA) is 41.6 Å². The molecular formula is C20H20ClFN2O2. The van der Waals surface area contributed by atoms with Gasteiger partial charge in [-0.2, -0.15) is 0 Å². The van der Waals surface area contributed by atoms with E-state index >= 15 is 0 Å². The van der Waals surface area contributed by atoms with Gasteiger partial charge < -0.3 is 15.0 Å². The molecule has 2 aromatic rings. The van der Waals surface area contributed by atoms with Crippen molar-refractivity contribution >= 4 is 17.6 Å². The SMILES string of the molecule is O=C(N[C@@H]1C[C@H]1c1cccc(F)c1)N1CCO[C@H](c2ccc(Cl)cc2)C1. The zero-order valence-corrected chi connectivity index (χ0v) is 15.0. The van der Waals surface area contributed by atoms with Crippen LogP contribution in [0.2, 0.25) is 5.02 Å². The Hall–Kier alpha value is -2.11. The molecule has 4 nitrogen and oxygen atoms in total. The standard InChI is InChI=1S/C20H20ClFN2O2/c21-15-6-4-13(5-7-15)19-12-24(8-9-26-19)20(25)23-18-11-17(18)14-2-1-3-16(22)10-14/h1-7,10,17-19H,8-9,11-12H2,(H,23,25)/t17-,18+,19-/m0/s1. The molecule has 1 heterocycles. The highest BCUT2D eigenvalue weighted by Gasteiger charge is 2.40.